The van der Waals surface area contributed by atoms with E-state index >= 15 is 0 Å². The van der Waals surface area contributed by atoms with Crippen molar-refractivity contribution in [1.29, 1.82) is 0 Å². The Morgan fingerprint density at radius 1 is 1.03 bits per heavy atom. The molecule has 0 aromatic heterocycles. The number of hydrogen-bond donors (Lipinski definition) is 1. The molecule has 182 valence electrons. The van der Waals surface area contributed by atoms with E-state index in [0.717, 1.165) is 20.9 Å². The average molecular weight is 520 g/mol. The number of nitro groups is 1. The quantitative estimate of drug-likeness (QED) is 0.230. The highest BCUT2D eigenvalue weighted by atomic mass is 32.2. The van der Waals surface area contributed by atoms with Gasteiger partial charge in [0.1, 0.15) is 6.54 Å². The van der Waals surface area contributed by atoms with Gasteiger partial charge in [0.25, 0.3) is 16.8 Å². The zero-order chi connectivity index (χ0) is 25.8. The largest absolute Gasteiger partial charge is 0.325 e. The van der Waals surface area contributed by atoms with Crippen LogP contribution in [0.25, 0.3) is 6.08 Å². The van der Waals surface area contributed by atoms with Crippen LogP contribution in [0.2, 0.25) is 0 Å². The summed E-state index contributed by atoms with van der Waals surface area (Å²) in [6, 6.07) is 19.4. The summed E-state index contributed by atoms with van der Waals surface area (Å²) in [5, 5.41) is 13.8. The molecule has 0 saturated carbocycles. The van der Waals surface area contributed by atoms with Crippen molar-refractivity contribution in [2.45, 2.75) is 23.6 Å². The summed E-state index contributed by atoms with van der Waals surface area (Å²) in [4.78, 5) is 51.1. The van der Waals surface area contributed by atoms with E-state index in [9.17, 15) is 24.5 Å². The fourth-order valence-electron chi connectivity index (χ4n) is 3.36. The molecule has 1 saturated heterocycles. The molecule has 0 aliphatic carbocycles. The number of aryl methyl sites for hydroxylation is 2. The second-order valence-electron chi connectivity index (χ2n) is 8.08. The van der Waals surface area contributed by atoms with Crippen LogP contribution in [0.5, 0.6) is 0 Å². The number of hydrogen-bond acceptors (Lipinski definition) is 7. The van der Waals surface area contributed by atoms with Crippen molar-refractivity contribution in [2.75, 3.05) is 11.9 Å². The number of carbonyl (C=O) groups excluding carboxylic acids is 3. The zero-order valence-electron chi connectivity index (χ0n) is 19.4. The van der Waals surface area contributed by atoms with E-state index in [1.165, 1.54) is 23.9 Å². The number of carbonyl (C=O) groups is 3. The second-order valence-corrected chi connectivity index (χ2v) is 10.2. The number of nitrogens with one attached hydrogen (secondary N) is 1. The number of anilines is 1. The molecule has 4 rings (SSSR count). The number of imide groups is 1. The standard InChI is InChI=1S/C26H21N3O5S2/c1-16-3-8-19(9-4-16)27-24(30)15-28-25(31)23(36-26(28)32)14-18-7-12-22(21(13-18)29(33)34)35-20-10-5-17(2)6-11-20/h3-14H,15H2,1-2H3,(H,27,30). The molecule has 36 heavy (non-hydrogen) atoms. The maximum Gasteiger partial charge on any atom is 0.294 e. The molecule has 1 aliphatic heterocycles. The Balaban J connectivity index is 1.49. The molecular formula is C26H21N3O5S2. The van der Waals surface area contributed by atoms with Gasteiger partial charge in [-0.25, -0.2) is 0 Å². The lowest BCUT2D eigenvalue weighted by Gasteiger charge is -2.12. The molecule has 0 spiro atoms. The van der Waals surface area contributed by atoms with Gasteiger partial charge in [0.2, 0.25) is 5.91 Å². The predicted octanol–water partition coefficient (Wildman–Crippen LogP) is 6.04. The second kappa shape index (κ2) is 10.8. The normalized spacial score (nSPS) is 14.4. The zero-order valence-corrected chi connectivity index (χ0v) is 21.0. The number of amides is 3. The van der Waals surface area contributed by atoms with Crippen LogP contribution in [-0.2, 0) is 9.59 Å². The van der Waals surface area contributed by atoms with Crippen molar-refractivity contribution >= 4 is 58.0 Å². The number of nitro benzene ring substituents is 1. The lowest BCUT2D eigenvalue weighted by atomic mass is 10.2. The molecule has 1 N–H and O–H groups in total. The predicted molar refractivity (Wildman–Crippen MR) is 141 cm³/mol. The smallest absolute Gasteiger partial charge is 0.294 e. The minimum atomic E-state index is -0.621. The van der Waals surface area contributed by atoms with Crippen LogP contribution < -0.4 is 5.32 Å². The minimum absolute atomic E-state index is 0.0939. The summed E-state index contributed by atoms with van der Waals surface area (Å²) in [5.41, 5.74) is 2.98. The molecule has 8 nitrogen and oxygen atoms in total. The van der Waals surface area contributed by atoms with Crippen molar-refractivity contribution in [3.8, 4) is 0 Å². The molecule has 0 radical (unpaired) electrons. The highest BCUT2D eigenvalue weighted by Gasteiger charge is 2.36. The maximum absolute atomic E-state index is 12.8. The van der Waals surface area contributed by atoms with Crippen LogP contribution in [0, 0.1) is 24.0 Å². The van der Waals surface area contributed by atoms with E-state index < -0.39 is 28.5 Å². The Morgan fingerprint density at radius 3 is 2.31 bits per heavy atom. The van der Waals surface area contributed by atoms with Gasteiger partial charge in [-0.05, 0) is 67.6 Å². The van der Waals surface area contributed by atoms with E-state index in [2.05, 4.69) is 5.32 Å². The summed E-state index contributed by atoms with van der Waals surface area (Å²) < 4.78 is 0. The fourth-order valence-corrected chi connectivity index (χ4v) is 5.09. The fraction of sp³-hybridized carbons (Fsp3) is 0.115. The molecule has 1 aliphatic rings. The maximum atomic E-state index is 12.8. The SMILES string of the molecule is Cc1ccc(NC(=O)CN2C(=O)SC(=Cc3ccc(Sc4ccc(C)cc4)c([N+](=O)[O-])c3)C2=O)cc1. The van der Waals surface area contributed by atoms with Crippen molar-refractivity contribution in [3.63, 3.8) is 0 Å². The summed E-state index contributed by atoms with van der Waals surface area (Å²) >= 11 is 1.96. The Kier molecular flexibility index (Phi) is 7.56. The highest BCUT2D eigenvalue weighted by Crippen LogP contribution is 2.37. The number of rotatable bonds is 7. The van der Waals surface area contributed by atoms with E-state index in [4.69, 9.17) is 0 Å². The first-order valence-corrected chi connectivity index (χ1v) is 12.5. The van der Waals surface area contributed by atoms with E-state index in [0.29, 0.717) is 27.9 Å². The van der Waals surface area contributed by atoms with Gasteiger partial charge >= 0.3 is 0 Å². The van der Waals surface area contributed by atoms with Crippen LogP contribution in [0.1, 0.15) is 16.7 Å². The third-order valence-corrected chi connectivity index (χ3v) is 7.22. The van der Waals surface area contributed by atoms with Crippen LogP contribution in [0.3, 0.4) is 0 Å². The van der Waals surface area contributed by atoms with Gasteiger partial charge in [-0.15, -0.1) is 0 Å². The van der Waals surface area contributed by atoms with Crippen molar-refractivity contribution in [1.82, 2.24) is 4.90 Å². The average Bonchev–Trinajstić information content (AvgIpc) is 3.10. The summed E-state index contributed by atoms with van der Waals surface area (Å²) in [6.07, 6.45) is 1.43. The first kappa shape index (κ1) is 25.2. The topological polar surface area (TPSA) is 110 Å². The Morgan fingerprint density at radius 2 is 1.67 bits per heavy atom. The molecule has 1 fully saturated rings. The monoisotopic (exact) mass is 519 g/mol. The summed E-state index contributed by atoms with van der Waals surface area (Å²) in [6.45, 7) is 3.45. The molecule has 0 unspecified atom stereocenters. The minimum Gasteiger partial charge on any atom is -0.325 e. The summed E-state index contributed by atoms with van der Waals surface area (Å²) in [7, 11) is 0. The molecule has 1 heterocycles. The molecule has 0 bridgehead atoms. The van der Waals surface area contributed by atoms with Crippen LogP contribution in [-0.4, -0.2) is 33.4 Å². The lowest BCUT2D eigenvalue weighted by Crippen LogP contribution is -2.36. The number of nitrogens with zero attached hydrogens (tertiary/aromatic N) is 2. The summed E-state index contributed by atoms with van der Waals surface area (Å²) in [5.74, 6) is -1.12. The van der Waals surface area contributed by atoms with Crippen molar-refractivity contribution in [3.05, 3.63) is 98.4 Å². The molecule has 0 atom stereocenters. The van der Waals surface area contributed by atoms with Crippen LogP contribution >= 0.6 is 23.5 Å². The van der Waals surface area contributed by atoms with Gasteiger partial charge in [0.05, 0.1) is 14.7 Å². The van der Waals surface area contributed by atoms with E-state index in [-0.39, 0.29) is 10.6 Å². The Labute approximate surface area is 215 Å². The number of thioether (sulfide) groups is 1. The lowest BCUT2D eigenvalue weighted by molar-refractivity contribution is -0.387. The molecule has 3 amide bonds. The van der Waals surface area contributed by atoms with Gasteiger partial charge in [-0.2, -0.15) is 0 Å². The highest BCUT2D eigenvalue weighted by molar-refractivity contribution is 8.18. The van der Waals surface area contributed by atoms with Crippen molar-refractivity contribution in [2.24, 2.45) is 0 Å². The Hall–Kier alpha value is -3.89. The van der Waals surface area contributed by atoms with Gasteiger partial charge in [0, 0.05) is 16.6 Å². The van der Waals surface area contributed by atoms with Gasteiger partial charge in [0.15, 0.2) is 0 Å². The molecule has 3 aromatic carbocycles. The van der Waals surface area contributed by atoms with Crippen molar-refractivity contribution < 1.29 is 19.3 Å². The van der Waals surface area contributed by atoms with E-state index in [1.54, 1.807) is 24.3 Å². The molecule has 10 heteroatoms. The third kappa shape index (κ3) is 6.02. The van der Waals surface area contributed by atoms with Crippen LogP contribution in [0.15, 0.2) is 81.4 Å². The Bertz CT molecular complexity index is 1390. The first-order valence-electron chi connectivity index (χ1n) is 10.8. The molecule has 3 aromatic rings. The first-order chi connectivity index (χ1) is 17.2. The van der Waals surface area contributed by atoms with Gasteiger partial charge in [-0.3, -0.25) is 29.4 Å². The van der Waals surface area contributed by atoms with Gasteiger partial charge < -0.3 is 5.32 Å². The molecular weight excluding hydrogens is 498 g/mol. The number of benzene rings is 3. The van der Waals surface area contributed by atoms with Gasteiger partial charge in [-0.1, -0.05) is 53.2 Å². The van der Waals surface area contributed by atoms with Crippen LogP contribution in [0.4, 0.5) is 16.2 Å². The van der Waals surface area contributed by atoms with E-state index in [1.807, 2.05) is 50.2 Å². The third-order valence-electron chi connectivity index (χ3n) is 5.24.